The second-order valence-corrected chi connectivity index (χ2v) is 4.26. The summed E-state index contributed by atoms with van der Waals surface area (Å²) in [6, 6.07) is 10.8. The molecule has 0 saturated heterocycles. The van der Waals surface area contributed by atoms with Gasteiger partial charge in [-0.25, -0.2) is 0 Å². The molecular weight excluding hydrogens is 156 g/mol. The monoisotopic (exact) mass is 172 g/mol. The van der Waals surface area contributed by atoms with Gasteiger partial charge >= 0.3 is 0 Å². The molecule has 0 unspecified atom stereocenters. The Balaban J connectivity index is 2.10. The summed E-state index contributed by atoms with van der Waals surface area (Å²) in [5.74, 6) is 0. The molecule has 0 spiro atoms. The molecule has 2 rings (SSSR count). The third kappa shape index (κ3) is 2.00. The molecule has 1 aliphatic carbocycles. The van der Waals surface area contributed by atoms with E-state index in [0.717, 1.165) is 0 Å². The average molecular weight is 172 g/mol. The summed E-state index contributed by atoms with van der Waals surface area (Å²) in [6.07, 6.45) is 8.43. The van der Waals surface area contributed by atoms with Crippen LogP contribution in [0.3, 0.4) is 0 Å². The van der Waals surface area contributed by atoms with Crippen molar-refractivity contribution in [1.29, 1.82) is 0 Å². The highest BCUT2D eigenvalue weighted by atomic mass is 14.3. The van der Waals surface area contributed by atoms with Crippen LogP contribution in [0.1, 0.15) is 25.3 Å². The summed E-state index contributed by atoms with van der Waals surface area (Å²) in [4.78, 5) is 0. The van der Waals surface area contributed by atoms with E-state index < -0.39 is 0 Å². The van der Waals surface area contributed by atoms with Crippen molar-refractivity contribution in [3.63, 3.8) is 0 Å². The topological polar surface area (TPSA) is 0 Å². The third-order valence-electron chi connectivity index (χ3n) is 2.85. The number of allylic oxidation sites excluding steroid dienone is 2. The lowest BCUT2D eigenvalue weighted by Gasteiger charge is -2.21. The van der Waals surface area contributed by atoms with Crippen molar-refractivity contribution in [2.45, 2.75) is 26.2 Å². The molecule has 1 atom stereocenters. The zero-order valence-corrected chi connectivity index (χ0v) is 8.16. The van der Waals surface area contributed by atoms with Gasteiger partial charge in [-0.05, 0) is 30.2 Å². The van der Waals surface area contributed by atoms with Crippen molar-refractivity contribution in [1.82, 2.24) is 0 Å². The Kier molecular flexibility index (Phi) is 2.22. The normalized spacial score (nSPS) is 26.5. The fraction of sp³-hybridized carbons (Fsp3) is 0.385. The van der Waals surface area contributed by atoms with Gasteiger partial charge in [0.15, 0.2) is 0 Å². The second-order valence-electron chi connectivity index (χ2n) is 4.26. The van der Waals surface area contributed by atoms with Crippen molar-refractivity contribution in [3.05, 3.63) is 48.0 Å². The first-order chi connectivity index (χ1) is 6.29. The van der Waals surface area contributed by atoms with E-state index in [1.54, 1.807) is 0 Å². The summed E-state index contributed by atoms with van der Waals surface area (Å²) >= 11 is 0. The molecule has 0 heterocycles. The highest BCUT2D eigenvalue weighted by Crippen LogP contribution is 2.34. The van der Waals surface area contributed by atoms with Crippen LogP contribution in [0.5, 0.6) is 0 Å². The predicted molar refractivity (Wildman–Crippen MR) is 56.6 cm³/mol. The summed E-state index contributed by atoms with van der Waals surface area (Å²) in [5.41, 5.74) is 1.87. The van der Waals surface area contributed by atoms with Crippen LogP contribution in [-0.2, 0) is 6.42 Å². The fourth-order valence-electron chi connectivity index (χ4n) is 2.07. The number of benzene rings is 1. The number of hydrogen-bond donors (Lipinski definition) is 0. The van der Waals surface area contributed by atoms with Crippen LogP contribution in [0.4, 0.5) is 0 Å². The van der Waals surface area contributed by atoms with Crippen molar-refractivity contribution < 1.29 is 0 Å². The van der Waals surface area contributed by atoms with E-state index >= 15 is 0 Å². The fourth-order valence-corrected chi connectivity index (χ4v) is 2.07. The summed E-state index contributed by atoms with van der Waals surface area (Å²) < 4.78 is 0. The van der Waals surface area contributed by atoms with E-state index in [9.17, 15) is 0 Å². The van der Waals surface area contributed by atoms with Gasteiger partial charge in [0.1, 0.15) is 0 Å². The molecule has 0 nitrogen and oxygen atoms in total. The van der Waals surface area contributed by atoms with Gasteiger partial charge in [-0.15, -0.1) is 0 Å². The first kappa shape index (κ1) is 8.55. The molecule has 0 N–H and O–H groups in total. The van der Waals surface area contributed by atoms with Gasteiger partial charge in [-0.2, -0.15) is 0 Å². The van der Waals surface area contributed by atoms with E-state index in [-0.39, 0.29) is 0 Å². The van der Waals surface area contributed by atoms with Crippen molar-refractivity contribution in [2.24, 2.45) is 5.41 Å². The molecule has 0 bridgehead atoms. The maximum absolute atomic E-state index is 2.38. The molecule has 68 valence electrons. The molecule has 0 aliphatic heterocycles. The molecule has 13 heavy (non-hydrogen) atoms. The molecule has 0 amide bonds. The quantitative estimate of drug-likeness (QED) is 0.598. The lowest BCUT2D eigenvalue weighted by atomic mass is 9.83. The Labute approximate surface area is 80.3 Å². The Hall–Kier alpha value is -1.04. The van der Waals surface area contributed by atoms with E-state index in [0.29, 0.717) is 5.41 Å². The zero-order valence-electron chi connectivity index (χ0n) is 8.16. The molecule has 0 saturated carbocycles. The Morgan fingerprint density at radius 2 is 2.00 bits per heavy atom. The lowest BCUT2D eigenvalue weighted by Crippen LogP contribution is -2.12. The van der Waals surface area contributed by atoms with Gasteiger partial charge in [-0.1, -0.05) is 49.4 Å². The lowest BCUT2D eigenvalue weighted by molar-refractivity contribution is 0.416. The maximum Gasteiger partial charge on any atom is -0.0103 e. The number of rotatable bonds is 2. The molecular formula is C13H16. The van der Waals surface area contributed by atoms with Crippen molar-refractivity contribution in [2.75, 3.05) is 0 Å². The molecule has 0 aromatic heterocycles. The van der Waals surface area contributed by atoms with Gasteiger partial charge in [0.25, 0.3) is 0 Å². The Bertz CT molecular complexity index is 297. The minimum Gasteiger partial charge on any atom is -0.0879 e. The smallest absolute Gasteiger partial charge is 0.0103 e. The van der Waals surface area contributed by atoms with Gasteiger partial charge < -0.3 is 0 Å². The predicted octanol–water partition coefficient (Wildman–Crippen LogP) is 3.59. The number of hydrogen-bond acceptors (Lipinski definition) is 0. The standard InChI is InChI=1S/C13H16/c1-13(9-5-6-10-13)11-12-7-3-2-4-8-12/h2-5,7-9H,6,10-11H2,1H3/t13-/m0/s1. The van der Waals surface area contributed by atoms with E-state index in [2.05, 4.69) is 49.4 Å². The first-order valence-corrected chi connectivity index (χ1v) is 5.00. The molecule has 0 radical (unpaired) electrons. The third-order valence-corrected chi connectivity index (χ3v) is 2.85. The van der Waals surface area contributed by atoms with E-state index in [4.69, 9.17) is 0 Å². The van der Waals surface area contributed by atoms with Gasteiger partial charge in [0.2, 0.25) is 0 Å². The first-order valence-electron chi connectivity index (χ1n) is 5.00. The Morgan fingerprint density at radius 3 is 2.62 bits per heavy atom. The minimum atomic E-state index is 0.418. The Morgan fingerprint density at radius 1 is 1.23 bits per heavy atom. The van der Waals surface area contributed by atoms with Crippen LogP contribution in [0.2, 0.25) is 0 Å². The van der Waals surface area contributed by atoms with Crippen LogP contribution < -0.4 is 0 Å². The molecule has 1 aromatic rings. The summed E-state index contributed by atoms with van der Waals surface area (Å²) in [5, 5.41) is 0. The summed E-state index contributed by atoms with van der Waals surface area (Å²) in [7, 11) is 0. The van der Waals surface area contributed by atoms with E-state index in [1.807, 2.05) is 0 Å². The SMILES string of the molecule is C[C@]1(Cc2ccccc2)C=CCC1. The maximum atomic E-state index is 2.38. The zero-order chi connectivity index (χ0) is 9.15. The van der Waals surface area contributed by atoms with E-state index in [1.165, 1.54) is 24.8 Å². The molecule has 0 heteroatoms. The second kappa shape index (κ2) is 3.37. The van der Waals surface area contributed by atoms with Crippen LogP contribution in [-0.4, -0.2) is 0 Å². The van der Waals surface area contributed by atoms with Crippen LogP contribution in [0.15, 0.2) is 42.5 Å². The summed E-state index contributed by atoms with van der Waals surface area (Å²) in [6.45, 7) is 2.35. The van der Waals surface area contributed by atoms with Gasteiger partial charge in [0, 0.05) is 0 Å². The van der Waals surface area contributed by atoms with Crippen LogP contribution in [0, 0.1) is 5.41 Å². The van der Waals surface area contributed by atoms with Crippen molar-refractivity contribution in [3.8, 4) is 0 Å². The highest BCUT2D eigenvalue weighted by Gasteiger charge is 2.23. The average Bonchev–Trinajstić information content (AvgIpc) is 2.54. The molecule has 1 aliphatic rings. The highest BCUT2D eigenvalue weighted by molar-refractivity contribution is 5.19. The van der Waals surface area contributed by atoms with Gasteiger partial charge in [-0.3, -0.25) is 0 Å². The largest absolute Gasteiger partial charge is 0.0879 e. The minimum absolute atomic E-state index is 0.418. The van der Waals surface area contributed by atoms with Crippen LogP contribution in [0.25, 0.3) is 0 Å². The van der Waals surface area contributed by atoms with Gasteiger partial charge in [0.05, 0.1) is 0 Å². The molecule has 1 aromatic carbocycles. The van der Waals surface area contributed by atoms with Crippen molar-refractivity contribution >= 4 is 0 Å². The molecule has 0 fully saturated rings. The van der Waals surface area contributed by atoms with Crippen LogP contribution >= 0.6 is 0 Å².